The Bertz CT molecular complexity index is 1520. The molecule has 4 aromatic rings. The van der Waals surface area contributed by atoms with Crippen LogP contribution in [0.5, 0.6) is 5.88 Å². The molecule has 1 saturated heterocycles. The molecule has 1 fully saturated rings. The van der Waals surface area contributed by atoms with Crippen LogP contribution in [0.3, 0.4) is 0 Å². The summed E-state index contributed by atoms with van der Waals surface area (Å²) in [6.07, 6.45) is 8.07. The minimum atomic E-state index is -0.614. The number of hydrogen-bond donors (Lipinski definition) is 2. The van der Waals surface area contributed by atoms with E-state index in [1.807, 2.05) is 11.0 Å². The molecule has 2 aliphatic heterocycles. The van der Waals surface area contributed by atoms with Crippen LogP contribution in [0, 0.1) is 5.82 Å². The molecule has 194 valence electrons. The van der Waals surface area contributed by atoms with E-state index in [0.29, 0.717) is 35.8 Å². The third kappa shape index (κ3) is 4.31. The number of hydrogen-bond acceptors (Lipinski definition) is 8. The second kappa shape index (κ2) is 9.95. The number of ether oxygens (including phenoxy) is 1. The SMILES string of the molecule is O=C1C=C(c2c(-n3cnnn3)ccc(Cl)c2F)CC2CC[C@@H](c3ncc(-c4ccnc(OCCO)c4)[nH]3)N12. The number of tetrazole rings is 1. The molecule has 0 bridgehead atoms. The van der Waals surface area contributed by atoms with Gasteiger partial charge in [0.1, 0.15) is 18.8 Å². The second-order valence-electron chi connectivity index (χ2n) is 9.01. The molecule has 11 nitrogen and oxygen atoms in total. The third-order valence-electron chi connectivity index (χ3n) is 6.80. The number of aromatic nitrogens is 7. The first kappa shape index (κ1) is 24.2. The lowest BCUT2D eigenvalue weighted by molar-refractivity contribution is -0.129. The number of aromatic amines is 1. The van der Waals surface area contributed by atoms with Gasteiger partial charge in [-0.1, -0.05) is 11.6 Å². The summed E-state index contributed by atoms with van der Waals surface area (Å²) in [5, 5.41) is 20.1. The topological polar surface area (TPSA) is 135 Å². The quantitative estimate of drug-likeness (QED) is 0.368. The minimum absolute atomic E-state index is 0.0407. The fraction of sp³-hybridized carbons (Fsp3) is 0.280. The maximum Gasteiger partial charge on any atom is 0.247 e. The van der Waals surface area contributed by atoms with Gasteiger partial charge in [0, 0.05) is 35.5 Å². The van der Waals surface area contributed by atoms with Gasteiger partial charge < -0.3 is 19.7 Å². The Morgan fingerprint density at radius 2 is 2.13 bits per heavy atom. The molecule has 2 N–H and O–H groups in total. The standard InChI is InChI=1S/C25H22ClFN8O3/c26-17-2-4-19(34-13-30-32-33-34)23(24(17)27)15-9-16-1-3-20(35(16)22(37)11-15)25-29-12-18(31-25)14-5-6-28-21(10-14)38-8-7-36/h2,4-6,10-13,16,20,36H,1,3,7-9H2,(H,29,31)/t16?,20-/m0/s1. The predicted molar refractivity (Wildman–Crippen MR) is 134 cm³/mol. The van der Waals surface area contributed by atoms with Crippen molar-refractivity contribution in [2.45, 2.75) is 31.3 Å². The van der Waals surface area contributed by atoms with Gasteiger partial charge in [-0.2, -0.15) is 4.68 Å². The van der Waals surface area contributed by atoms with Crippen LogP contribution < -0.4 is 4.74 Å². The molecular weight excluding hydrogens is 515 g/mol. The number of fused-ring (bicyclic) bond motifs is 1. The van der Waals surface area contributed by atoms with E-state index < -0.39 is 5.82 Å². The van der Waals surface area contributed by atoms with Gasteiger partial charge in [0.2, 0.25) is 11.8 Å². The second-order valence-corrected chi connectivity index (χ2v) is 9.42. The summed E-state index contributed by atoms with van der Waals surface area (Å²) in [7, 11) is 0. The minimum Gasteiger partial charge on any atom is -0.475 e. The van der Waals surface area contributed by atoms with Crippen molar-refractivity contribution in [1.82, 2.24) is 40.1 Å². The van der Waals surface area contributed by atoms with Gasteiger partial charge in [-0.3, -0.25) is 4.79 Å². The summed E-state index contributed by atoms with van der Waals surface area (Å²) in [5.41, 5.74) is 2.76. The summed E-state index contributed by atoms with van der Waals surface area (Å²) < 4.78 is 22.0. The van der Waals surface area contributed by atoms with Crippen molar-refractivity contribution in [3.8, 4) is 22.8 Å². The summed E-state index contributed by atoms with van der Waals surface area (Å²) in [6, 6.07) is 6.29. The first-order valence-corrected chi connectivity index (χ1v) is 12.4. The highest BCUT2D eigenvalue weighted by Crippen LogP contribution is 2.44. The van der Waals surface area contributed by atoms with Crippen LogP contribution in [-0.2, 0) is 4.79 Å². The van der Waals surface area contributed by atoms with E-state index in [0.717, 1.165) is 17.7 Å². The van der Waals surface area contributed by atoms with E-state index in [-0.39, 0.29) is 41.8 Å². The largest absolute Gasteiger partial charge is 0.475 e. The lowest BCUT2D eigenvalue weighted by atomic mass is 9.92. The molecule has 6 rings (SSSR count). The maximum absolute atomic E-state index is 15.3. The van der Waals surface area contributed by atoms with Crippen molar-refractivity contribution >= 4 is 23.1 Å². The van der Waals surface area contributed by atoms with E-state index in [9.17, 15) is 4.79 Å². The highest BCUT2D eigenvalue weighted by atomic mass is 35.5. The molecule has 38 heavy (non-hydrogen) atoms. The van der Waals surface area contributed by atoms with Crippen molar-refractivity contribution in [3.05, 3.63) is 71.3 Å². The van der Waals surface area contributed by atoms with Gasteiger partial charge in [0.25, 0.3) is 0 Å². The maximum atomic E-state index is 15.3. The first-order valence-electron chi connectivity index (χ1n) is 12.0. The number of nitrogens with zero attached hydrogens (tertiary/aromatic N) is 7. The van der Waals surface area contributed by atoms with Crippen molar-refractivity contribution in [2.75, 3.05) is 13.2 Å². The van der Waals surface area contributed by atoms with Crippen LogP contribution >= 0.6 is 11.6 Å². The number of pyridine rings is 1. The molecule has 5 heterocycles. The summed E-state index contributed by atoms with van der Waals surface area (Å²) in [6.45, 7) is 0.0446. The molecule has 0 radical (unpaired) electrons. The van der Waals surface area contributed by atoms with Crippen LogP contribution in [0.25, 0.3) is 22.5 Å². The normalized spacial score (nSPS) is 19.0. The summed E-state index contributed by atoms with van der Waals surface area (Å²) in [5.74, 6) is 0.233. The van der Waals surface area contributed by atoms with Crippen LogP contribution in [0.1, 0.15) is 36.7 Å². The van der Waals surface area contributed by atoms with Crippen molar-refractivity contribution < 1.29 is 19.0 Å². The van der Waals surface area contributed by atoms with Crippen molar-refractivity contribution in [3.63, 3.8) is 0 Å². The number of carbonyl (C=O) groups excluding carboxylic acids is 1. The molecule has 0 aliphatic carbocycles. The number of carbonyl (C=O) groups is 1. The van der Waals surface area contributed by atoms with Gasteiger partial charge in [0.15, 0.2) is 5.82 Å². The Morgan fingerprint density at radius 3 is 2.95 bits per heavy atom. The van der Waals surface area contributed by atoms with Gasteiger partial charge in [-0.25, -0.2) is 14.4 Å². The third-order valence-corrected chi connectivity index (χ3v) is 7.09. The van der Waals surface area contributed by atoms with Gasteiger partial charge in [-0.05, 0) is 53.5 Å². The molecule has 2 aliphatic rings. The van der Waals surface area contributed by atoms with Gasteiger partial charge in [0.05, 0.1) is 35.2 Å². The van der Waals surface area contributed by atoms with E-state index in [1.165, 1.54) is 23.2 Å². The fourth-order valence-corrected chi connectivity index (χ4v) is 5.32. The Labute approximate surface area is 220 Å². The van der Waals surface area contributed by atoms with Crippen LogP contribution in [0.2, 0.25) is 5.02 Å². The zero-order valence-corrected chi connectivity index (χ0v) is 20.7. The molecule has 2 atom stereocenters. The van der Waals surface area contributed by atoms with Crippen molar-refractivity contribution in [1.29, 1.82) is 0 Å². The number of imidazole rings is 1. The Morgan fingerprint density at radius 1 is 1.24 bits per heavy atom. The van der Waals surface area contributed by atoms with Crippen LogP contribution in [-0.4, -0.2) is 70.3 Å². The highest BCUT2D eigenvalue weighted by Gasteiger charge is 2.42. The van der Waals surface area contributed by atoms with E-state index in [1.54, 1.807) is 24.5 Å². The van der Waals surface area contributed by atoms with Crippen LogP contribution in [0.4, 0.5) is 4.39 Å². The first-order chi connectivity index (χ1) is 18.5. The van der Waals surface area contributed by atoms with Gasteiger partial charge in [-0.15, -0.1) is 5.10 Å². The number of benzene rings is 1. The molecule has 1 aromatic carbocycles. The van der Waals surface area contributed by atoms with E-state index in [4.69, 9.17) is 21.4 Å². The van der Waals surface area contributed by atoms with E-state index >= 15 is 4.39 Å². The average Bonchev–Trinajstić information content (AvgIpc) is 3.70. The molecule has 0 saturated carbocycles. The number of nitrogens with one attached hydrogen (secondary N) is 1. The number of H-pyrrole nitrogens is 1. The summed E-state index contributed by atoms with van der Waals surface area (Å²) in [4.78, 5) is 27.3. The molecule has 1 unspecified atom stereocenters. The van der Waals surface area contributed by atoms with Gasteiger partial charge >= 0.3 is 0 Å². The smallest absolute Gasteiger partial charge is 0.247 e. The zero-order chi connectivity index (χ0) is 26.2. The van der Waals surface area contributed by atoms with Crippen molar-refractivity contribution in [2.24, 2.45) is 0 Å². The molecular formula is C25H22ClFN8O3. The number of amides is 1. The predicted octanol–water partition coefficient (Wildman–Crippen LogP) is 3.13. The fourth-order valence-electron chi connectivity index (χ4n) is 5.16. The number of rotatable bonds is 7. The Kier molecular flexibility index (Phi) is 6.34. The number of aliphatic hydroxyl groups is 1. The average molecular weight is 537 g/mol. The molecule has 0 spiro atoms. The van der Waals surface area contributed by atoms with Crippen LogP contribution in [0.15, 0.2) is 49.1 Å². The lowest BCUT2D eigenvalue weighted by Crippen LogP contribution is -2.39. The Balaban J connectivity index is 1.28. The Hall–Kier alpha value is -4.16. The van der Waals surface area contributed by atoms with E-state index in [2.05, 4.69) is 30.5 Å². The monoisotopic (exact) mass is 536 g/mol. The number of halogens is 2. The molecule has 13 heteroatoms. The molecule has 3 aromatic heterocycles. The molecule has 1 amide bonds. The summed E-state index contributed by atoms with van der Waals surface area (Å²) >= 11 is 6.11. The zero-order valence-electron chi connectivity index (χ0n) is 20.0. The lowest BCUT2D eigenvalue weighted by Gasteiger charge is -2.33. The highest BCUT2D eigenvalue weighted by molar-refractivity contribution is 6.31. The number of aliphatic hydroxyl groups excluding tert-OH is 1.